The van der Waals surface area contributed by atoms with Crippen molar-refractivity contribution in [2.45, 2.75) is 6.10 Å². The number of fused-ring (bicyclic) bond motifs is 2. The van der Waals surface area contributed by atoms with Gasteiger partial charge in [0.1, 0.15) is 11.6 Å². The number of rotatable bonds is 2. The van der Waals surface area contributed by atoms with Crippen LogP contribution < -0.4 is 11.1 Å². The SMILES string of the molecule is Nc1cc2cc3oc(C4CNCCO4)nc3cc2nc1C(=O)O. The summed E-state index contributed by atoms with van der Waals surface area (Å²) in [5.74, 6) is -0.666. The van der Waals surface area contributed by atoms with Gasteiger partial charge in [0.25, 0.3) is 0 Å². The molecule has 3 heterocycles. The number of nitrogens with two attached hydrogens (primary N) is 1. The third-order valence-electron chi connectivity index (χ3n) is 3.78. The van der Waals surface area contributed by atoms with Crippen molar-refractivity contribution in [2.75, 3.05) is 25.4 Å². The van der Waals surface area contributed by atoms with E-state index in [0.717, 1.165) is 6.54 Å². The van der Waals surface area contributed by atoms with Crippen LogP contribution >= 0.6 is 0 Å². The average Bonchev–Trinajstić information content (AvgIpc) is 2.95. The van der Waals surface area contributed by atoms with E-state index in [-0.39, 0.29) is 17.5 Å². The quantitative estimate of drug-likeness (QED) is 0.647. The summed E-state index contributed by atoms with van der Waals surface area (Å²) in [5.41, 5.74) is 7.39. The van der Waals surface area contributed by atoms with Gasteiger partial charge < -0.3 is 25.3 Å². The highest BCUT2D eigenvalue weighted by Gasteiger charge is 2.22. The van der Waals surface area contributed by atoms with Gasteiger partial charge in [-0.3, -0.25) is 0 Å². The van der Waals surface area contributed by atoms with Crippen molar-refractivity contribution in [3.63, 3.8) is 0 Å². The first-order chi connectivity index (χ1) is 11.1. The highest BCUT2D eigenvalue weighted by atomic mass is 16.5. The molecule has 23 heavy (non-hydrogen) atoms. The molecule has 1 aliphatic rings. The van der Waals surface area contributed by atoms with Crippen molar-refractivity contribution in [2.24, 2.45) is 0 Å². The lowest BCUT2D eigenvalue weighted by atomic mass is 10.1. The molecule has 1 aromatic carbocycles. The van der Waals surface area contributed by atoms with E-state index in [1.54, 1.807) is 18.2 Å². The van der Waals surface area contributed by atoms with Gasteiger partial charge in [0.05, 0.1) is 17.8 Å². The first-order valence-electron chi connectivity index (χ1n) is 7.18. The van der Waals surface area contributed by atoms with Crippen LogP contribution in [0.4, 0.5) is 5.69 Å². The number of nitrogens with zero attached hydrogens (tertiary/aromatic N) is 2. The van der Waals surface area contributed by atoms with Crippen LogP contribution in [-0.2, 0) is 4.74 Å². The van der Waals surface area contributed by atoms with E-state index in [1.165, 1.54) is 0 Å². The molecule has 1 unspecified atom stereocenters. The second kappa shape index (κ2) is 5.18. The molecular weight excluding hydrogens is 300 g/mol. The predicted octanol–water partition coefficient (Wildman–Crippen LogP) is 1.32. The zero-order valence-electron chi connectivity index (χ0n) is 12.1. The normalized spacial score (nSPS) is 18.5. The van der Waals surface area contributed by atoms with Gasteiger partial charge in [0.2, 0.25) is 5.89 Å². The molecule has 3 aromatic rings. The standard InChI is InChI=1S/C15H14N4O4/c16-8-3-7-4-11-10(5-9(7)18-13(8)15(20)21)19-14(23-11)12-6-17-1-2-22-12/h3-5,12,17H,1-2,6,16H2,(H,20,21). The van der Waals surface area contributed by atoms with E-state index < -0.39 is 5.97 Å². The second-order valence-electron chi connectivity index (χ2n) is 5.36. The highest BCUT2D eigenvalue weighted by molar-refractivity contribution is 5.99. The lowest BCUT2D eigenvalue weighted by Crippen LogP contribution is -2.33. The number of carboxylic acids is 1. The molecule has 8 nitrogen and oxygen atoms in total. The summed E-state index contributed by atoms with van der Waals surface area (Å²) in [5, 5.41) is 13.0. The number of oxazole rings is 1. The number of hydrogen-bond donors (Lipinski definition) is 3. The van der Waals surface area contributed by atoms with E-state index in [9.17, 15) is 4.79 Å². The number of carbonyl (C=O) groups is 1. The minimum atomic E-state index is -1.16. The van der Waals surface area contributed by atoms with Crippen LogP contribution in [0.1, 0.15) is 22.5 Å². The van der Waals surface area contributed by atoms with Gasteiger partial charge >= 0.3 is 5.97 Å². The fraction of sp³-hybridized carbons (Fsp3) is 0.267. The largest absolute Gasteiger partial charge is 0.476 e. The maximum atomic E-state index is 11.1. The molecule has 0 aliphatic carbocycles. The monoisotopic (exact) mass is 314 g/mol. The molecule has 2 aromatic heterocycles. The minimum Gasteiger partial charge on any atom is -0.476 e. The molecule has 0 bridgehead atoms. The lowest BCUT2D eigenvalue weighted by Gasteiger charge is -2.20. The molecule has 1 fully saturated rings. The Kier molecular flexibility index (Phi) is 3.14. The average molecular weight is 314 g/mol. The number of pyridine rings is 1. The summed E-state index contributed by atoms with van der Waals surface area (Å²) in [6.45, 7) is 2.05. The summed E-state index contributed by atoms with van der Waals surface area (Å²) < 4.78 is 11.4. The Bertz CT molecular complexity index is 915. The first-order valence-corrected chi connectivity index (χ1v) is 7.18. The Morgan fingerprint density at radius 1 is 1.30 bits per heavy atom. The summed E-state index contributed by atoms with van der Waals surface area (Å²) in [6.07, 6.45) is -0.230. The number of anilines is 1. The van der Waals surface area contributed by atoms with Crippen molar-refractivity contribution >= 4 is 33.7 Å². The van der Waals surface area contributed by atoms with Crippen LogP contribution in [0, 0.1) is 0 Å². The van der Waals surface area contributed by atoms with Gasteiger partial charge in [-0.25, -0.2) is 14.8 Å². The van der Waals surface area contributed by atoms with Gasteiger partial charge in [0.15, 0.2) is 11.3 Å². The van der Waals surface area contributed by atoms with Crippen molar-refractivity contribution in [1.29, 1.82) is 0 Å². The topological polar surface area (TPSA) is 124 Å². The Labute approximate surface area is 130 Å². The van der Waals surface area contributed by atoms with Crippen molar-refractivity contribution in [3.8, 4) is 0 Å². The molecule has 0 spiro atoms. The second-order valence-corrected chi connectivity index (χ2v) is 5.36. The molecule has 0 amide bonds. The smallest absolute Gasteiger partial charge is 0.356 e. The van der Waals surface area contributed by atoms with Crippen LogP contribution in [-0.4, -0.2) is 40.7 Å². The highest BCUT2D eigenvalue weighted by Crippen LogP contribution is 2.28. The van der Waals surface area contributed by atoms with Crippen LogP contribution in [0.25, 0.3) is 22.0 Å². The van der Waals surface area contributed by atoms with Crippen LogP contribution in [0.3, 0.4) is 0 Å². The predicted molar refractivity (Wildman–Crippen MR) is 82.2 cm³/mol. The van der Waals surface area contributed by atoms with Gasteiger partial charge in [-0.05, 0) is 18.2 Å². The molecule has 4 rings (SSSR count). The minimum absolute atomic E-state index is 0.115. The molecule has 4 N–H and O–H groups in total. The Morgan fingerprint density at radius 2 is 2.17 bits per heavy atom. The Hall–Kier alpha value is -2.71. The molecule has 118 valence electrons. The molecule has 0 saturated carbocycles. The Morgan fingerprint density at radius 3 is 2.91 bits per heavy atom. The van der Waals surface area contributed by atoms with Crippen molar-refractivity contribution in [3.05, 3.63) is 29.8 Å². The number of hydrogen-bond acceptors (Lipinski definition) is 7. The first kappa shape index (κ1) is 13.9. The fourth-order valence-electron chi connectivity index (χ4n) is 2.66. The fourth-order valence-corrected chi connectivity index (χ4v) is 2.66. The van der Waals surface area contributed by atoms with E-state index in [2.05, 4.69) is 15.3 Å². The number of ether oxygens (including phenoxy) is 1. The zero-order chi connectivity index (χ0) is 16.0. The number of morpholine rings is 1. The van der Waals surface area contributed by atoms with E-state index in [1.807, 2.05) is 0 Å². The number of aromatic nitrogens is 2. The summed E-state index contributed by atoms with van der Waals surface area (Å²) >= 11 is 0. The number of nitrogen functional groups attached to an aromatic ring is 1. The summed E-state index contributed by atoms with van der Waals surface area (Å²) in [6, 6.07) is 5.03. The summed E-state index contributed by atoms with van der Waals surface area (Å²) in [4.78, 5) is 19.7. The zero-order valence-corrected chi connectivity index (χ0v) is 12.1. The molecule has 1 saturated heterocycles. The Balaban J connectivity index is 1.84. The lowest BCUT2D eigenvalue weighted by molar-refractivity contribution is 0.0118. The maximum absolute atomic E-state index is 11.1. The molecule has 1 aliphatic heterocycles. The van der Waals surface area contributed by atoms with Gasteiger partial charge in [-0.1, -0.05) is 0 Å². The molecular formula is C15H14N4O4. The van der Waals surface area contributed by atoms with E-state index >= 15 is 0 Å². The van der Waals surface area contributed by atoms with Crippen LogP contribution in [0.5, 0.6) is 0 Å². The number of aromatic carboxylic acids is 1. The van der Waals surface area contributed by atoms with Gasteiger partial charge in [-0.15, -0.1) is 0 Å². The van der Waals surface area contributed by atoms with Gasteiger partial charge in [0, 0.05) is 18.5 Å². The van der Waals surface area contributed by atoms with Crippen molar-refractivity contribution < 1.29 is 19.1 Å². The molecule has 1 atom stereocenters. The maximum Gasteiger partial charge on any atom is 0.356 e. The van der Waals surface area contributed by atoms with E-state index in [0.29, 0.717) is 41.0 Å². The molecule has 8 heteroatoms. The van der Waals surface area contributed by atoms with Gasteiger partial charge in [-0.2, -0.15) is 0 Å². The third-order valence-corrected chi connectivity index (χ3v) is 3.78. The van der Waals surface area contributed by atoms with Crippen molar-refractivity contribution in [1.82, 2.24) is 15.3 Å². The summed E-state index contributed by atoms with van der Waals surface area (Å²) in [7, 11) is 0. The van der Waals surface area contributed by atoms with E-state index in [4.69, 9.17) is 20.0 Å². The number of benzene rings is 1. The molecule has 0 radical (unpaired) electrons. The number of nitrogens with one attached hydrogen (secondary N) is 1. The van der Waals surface area contributed by atoms with Crippen LogP contribution in [0.2, 0.25) is 0 Å². The number of carboxylic acid groups (broad SMARTS) is 1. The van der Waals surface area contributed by atoms with Crippen LogP contribution in [0.15, 0.2) is 22.6 Å². The third kappa shape index (κ3) is 2.37.